The number of hydrogen-bond acceptors (Lipinski definition) is 1. The summed E-state index contributed by atoms with van der Waals surface area (Å²) in [7, 11) is 0. The van der Waals surface area contributed by atoms with E-state index in [1.165, 1.54) is 11.3 Å². The van der Waals surface area contributed by atoms with Crippen molar-refractivity contribution in [3.05, 3.63) is 42.1 Å². The minimum atomic E-state index is 0.193. The van der Waals surface area contributed by atoms with E-state index >= 15 is 0 Å². The Kier molecular flexibility index (Phi) is 2.10. The van der Waals surface area contributed by atoms with Crippen LogP contribution in [-0.4, -0.2) is 0 Å². The van der Waals surface area contributed by atoms with Crippen molar-refractivity contribution in [2.45, 2.75) is 26.7 Å². The Morgan fingerprint density at radius 2 is 2.00 bits per heavy atom. The van der Waals surface area contributed by atoms with Gasteiger partial charge in [-0.3, -0.25) is 0 Å². The summed E-state index contributed by atoms with van der Waals surface area (Å²) in [6, 6.07) is 8.48. The third-order valence-corrected chi connectivity index (χ3v) is 3.14. The molecule has 14 heavy (non-hydrogen) atoms. The molecule has 1 nitrogen and oxygen atoms in total. The Bertz CT molecular complexity index is 363. The van der Waals surface area contributed by atoms with E-state index in [-0.39, 0.29) is 5.41 Å². The zero-order chi connectivity index (χ0) is 10.2. The van der Waals surface area contributed by atoms with Crippen LogP contribution in [0.25, 0.3) is 0 Å². The van der Waals surface area contributed by atoms with E-state index in [4.69, 9.17) is 0 Å². The minimum Gasteiger partial charge on any atom is -0.359 e. The summed E-state index contributed by atoms with van der Waals surface area (Å²) in [5.41, 5.74) is 3.95. The van der Waals surface area contributed by atoms with Gasteiger partial charge in [-0.1, -0.05) is 38.6 Å². The Morgan fingerprint density at radius 1 is 1.29 bits per heavy atom. The number of hydrogen-bond donors (Lipinski definition) is 1. The monoisotopic (exact) mass is 187 g/mol. The molecule has 0 aromatic heterocycles. The molecule has 0 bridgehead atoms. The van der Waals surface area contributed by atoms with Crippen LogP contribution < -0.4 is 5.32 Å². The topological polar surface area (TPSA) is 12.0 Å². The highest BCUT2D eigenvalue weighted by molar-refractivity contribution is 5.56. The van der Waals surface area contributed by atoms with E-state index in [1.807, 2.05) is 0 Å². The predicted octanol–water partition coefficient (Wildman–Crippen LogP) is 3.58. The third-order valence-electron chi connectivity index (χ3n) is 3.14. The number of nitrogens with one attached hydrogen (secondary N) is 1. The third kappa shape index (κ3) is 1.54. The van der Waals surface area contributed by atoms with Gasteiger partial charge >= 0.3 is 0 Å². The molecule has 2 rings (SSSR count). The Balaban J connectivity index is 2.38. The first-order valence-corrected chi connectivity index (χ1v) is 5.14. The lowest BCUT2D eigenvalue weighted by atomic mass is 9.85. The Morgan fingerprint density at radius 3 is 2.79 bits per heavy atom. The fourth-order valence-electron chi connectivity index (χ4n) is 1.79. The number of fused-ring (bicyclic) bond motifs is 1. The molecule has 0 radical (unpaired) electrons. The van der Waals surface area contributed by atoms with E-state index in [2.05, 4.69) is 50.0 Å². The van der Waals surface area contributed by atoms with Gasteiger partial charge in [0, 0.05) is 16.8 Å². The molecule has 0 spiro atoms. The molecule has 1 aliphatic rings. The van der Waals surface area contributed by atoms with Crippen LogP contribution in [0.15, 0.2) is 36.5 Å². The van der Waals surface area contributed by atoms with Gasteiger partial charge < -0.3 is 5.32 Å². The molecule has 1 aromatic carbocycles. The molecule has 1 heterocycles. The standard InChI is InChI=1S/C13H17N/c1-10-13(2,3)9-8-11-6-4-5-7-12(11)14-10/h4-7,14H,1,8-9H2,2-3H3. The zero-order valence-electron chi connectivity index (χ0n) is 8.93. The van der Waals surface area contributed by atoms with Crippen LogP contribution in [0, 0.1) is 5.41 Å². The van der Waals surface area contributed by atoms with E-state index in [0.717, 1.165) is 18.5 Å². The smallest absolute Gasteiger partial charge is 0.0414 e. The van der Waals surface area contributed by atoms with E-state index in [9.17, 15) is 0 Å². The van der Waals surface area contributed by atoms with Crippen molar-refractivity contribution in [2.75, 3.05) is 5.32 Å². The normalized spacial score (nSPS) is 19.4. The fourth-order valence-corrected chi connectivity index (χ4v) is 1.79. The van der Waals surface area contributed by atoms with Crippen LogP contribution in [-0.2, 0) is 6.42 Å². The van der Waals surface area contributed by atoms with Gasteiger partial charge in [0.15, 0.2) is 0 Å². The van der Waals surface area contributed by atoms with Gasteiger partial charge in [-0.25, -0.2) is 0 Å². The average Bonchev–Trinajstić information content (AvgIpc) is 2.26. The van der Waals surface area contributed by atoms with E-state index in [1.54, 1.807) is 0 Å². The number of allylic oxidation sites excluding steroid dienone is 1. The molecule has 1 N–H and O–H groups in total. The van der Waals surface area contributed by atoms with Crippen molar-refractivity contribution in [1.82, 2.24) is 0 Å². The first-order chi connectivity index (χ1) is 6.59. The molecule has 0 saturated heterocycles. The first kappa shape index (κ1) is 9.32. The lowest BCUT2D eigenvalue weighted by Crippen LogP contribution is -2.17. The van der Waals surface area contributed by atoms with Crippen LogP contribution >= 0.6 is 0 Å². The summed E-state index contributed by atoms with van der Waals surface area (Å²) in [6.45, 7) is 8.60. The van der Waals surface area contributed by atoms with Crippen LogP contribution in [0.2, 0.25) is 0 Å². The lowest BCUT2D eigenvalue weighted by molar-refractivity contribution is 0.418. The van der Waals surface area contributed by atoms with Crippen molar-refractivity contribution in [3.8, 4) is 0 Å². The highest BCUT2D eigenvalue weighted by atomic mass is 14.9. The van der Waals surface area contributed by atoms with Gasteiger partial charge in [0.25, 0.3) is 0 Å². The molecular formula is C13H17N. The SMILES string of the molecule is C=C1Nc2ccccc2CCC1(C)C. The Labute approximate surface area is 85.8 Å². The molecule has 74 valence electrons. The quantitative estimate of drug-likeness (QED) is 0.654. The molecule has 0 unspecified atom stereocenters. The highest BCUT2D eigenvalue weighted by Gasteiger charge is 2.25. The maximum absolute atomic E-state index is 4.11. The number of benzene rings is 1. The summed E-state index contributed by atoms with van der Waals surface area (Å²) < 4.78 is 0. The molecule has 0 fully saturated rings. The molecule has 0 atom stereocenters. The van der Waals surface area contributed by atoms with Crippen molar-refractivity contribution < 1.29 is 0 Å². The predicted molar refractivity (Wildman–Crippen MR) is 61.3 cm³/mol. The Hall–Kier alpha value is -1.24. The van der Waals surface area contributed by atoms with Crippen molar-refractivity contribution in [2.24, 2.45) is 5.41 Å². The second-order valence-electron chi connectivity index (χ2n) is 4.64. The van der Waals surface area contributed by atoms with Crippen molar-refractivity contribution in [1.29, 1.82) is 0 Å². The van der Waals surface area contributed by atoms with Gasteiger partial charge in [-0.15, -0.1) is 0 Å². The first-order valence-electron chi connectivity index (χ1n) is 5.14. The molecule has 0 saturated carbocycles. The summed E-state index contributed by atoms with van der Waals surface area (Å²) in [5, 5.41) is 3.42. The minimum absolute atomic E-state index is 0.193. The molecular weight excluding hydrogens is 170 g/mol. The van der Waals surface area contributed by atoms with Gasteiger partial charge in [0.2, 0.25) is 0 Å². The van der Waals surface area contributed by atoms with Crippen molar-refractivity contribution >= 4 is 5.69 Å². The van der Waals surface area contributed by atoms with Crippen LogP contribution in [0.3, 0.4) is 0 Å². The summed E-state index contributed by atoms with van der Waals surface area (Å²) in [6.07, 6.45) is 2.30. The molecule has 1 aromatic rings. The van der Waals surface area contributed by atoms with Crippen LogP contribution in [0.5, 0.6) is 0 Å². The fraction of sp³-hybridized carbons (Fsp3) is 0.385. The van der Waals surface area contributed by atoms with Crippen LogP contribution in [0.4, 0.5) is 5.69 Å². The number of para-hydroxylation sites is 1. The number of rotatable bonds is 0. The molecule has 1 aliphatic heterocycles. The zero-order valence-corrected chi connectivity index (χ0v) is 8.93. The molecule has 1 heteroatoms. The molecule has 0 aliphatic carbocycles. The molecule has 0 amide bonds. The summed E-state index contributed by atoms with van der Waals surface area (Å²) >= 11 is 0. The number of aryl methyl sites for hydroxylation is 1. The summed E-state index contributed by atoms with van der Waals surface area (Å²) in [4.78, 5) is 0. The van der Waals surface area contributed by atoms with Gasteiger partial charge in [-0.2, -0.15) is 0 Å². The maximum Gasteiger partial charge on any atom is 0.0414 e. The maximum atomic E-state index is 4.11. The highest BCUT2D eigenvalue weighted by Crippen LogP contribution is 2.36. The summed E-state index contributed by atoms with van der Waals surface area (Å²) in [5.74, 6) is 0. The second kappa shape index (κ2) is 3.16. The van der Waals surface area contributed by atoms with Crippen molar-refractivity contribution in [3.63, 3.8) is 0 Å². The second-order valence-corrected chi connectivity index (χ2v) is 4.64. The lowest BCUT2D eigenvalue weighted by Gasteiger charge is -2.25. The van der Waals surface area contributed by atoms with E-state index < -0.39 is 0 Å². The van der Waals surface area contributed by atoms with Gasteiger partial charge in [0.05, 0.1) is 0 Å². The van der Waals surface area contributed by atoms with Gasteiger partial charge in [-0.05, 0) is 24.5 Å². The van der Waals surface area contributed by atoms with E-state index in [0.29, 0.717) is 0 Å². The largest absolute Gasteiger partial charge is 0.359 e. The van der Waals surface area contributed by atoms with Gasteiger partial charge in [0.1, 0.15) is 0 Å². The number of anilines is 1. The van der Waals surface area contributed by atoms with Crippen LogP contribution in [0.1, 0.15) is 25.8 Å². The average molecular weight is 187 g/mol.